The second-order valence-corrected chi connectivity index (χ2v) is 3.32. The summed E-state index contributed by atoms with van der Waals surface area (Å²) in [7, 11) is 0. The van der Waals surface area contributed by atoms with Crippen molar-refractivity contribution in [3.8, 4) is 11.3 Å². The van der Waals surface area contributed by atoms with Crippen LogP contribution < -0.4 is 5.73 Å². The lowest BCUT2D eigenvalue weighted by molar-refractivity contribution is 0.627. The Labute approximate surface area is 86.8 Å². The number of aromatic nitrogens is 2. The molecular weight excluding hydrogens is 193 g/mol. The van der Waals surface area contributed by atoms with Gasteiger partial charge in [0.15, 0.2) is 0 Å². The molecule has 2 rings (SSSR count). The highest BCUT2D eigenvalue weighted by Crippen LogP contribution is 2.19. The van der Waals surface area contributed by atoms with Crippen molar-refractivity contribution >= 4 is 5.95 Å². The van der Waals surface area contributed by atoms with Gasteiger partial charge in [-0.3, -0.25) is 0 Å². The van der Waals surface area contributed by atoms with Crippen LogP contribution in [0.1, 0.15) is 5.56 Å². The summed E-state index contributed by atoms with van der Waals surface area (Å²) in [6, 6.07) is 6.44. The predicted molar refractivity (Wildman–Crippen MR) is 56.6 cm³/mol. The van der Waals surface area contributed by atoms with Crippen molar-refractivity contribution in [2.45, 2.75) is 6.92 Å². The molecule has 0 aliphatic heterocycles. The normalized spacial score (nSPS) is 10.3. The third-order valence-electron chi connectivity index (χ3n) is 2.01. The molecule has 76 valence electrons. The lowest BCUT2D eigenvalue weighted by Crippen LogP contribution is -1.95. The van der Waals surface area contributed by atoms with E-state index in [-0.39, 0.29) is 11.8 Å². The Kier molecular flexibility index (Phi) is 2.33. The third-order valence-corrected chi connectivity index (χ3v) is 2.01. The predicted octanol–water partition coefficient (Wildman–Crippen LogP) is 2.17. The van der Waals surface area contributed by atoms with Gasteiger partial charge in [-0.05, 0) is 36.8 Å². The smallest absolute Gasteiger partial charge is 0.220 e. The van der Waals surface area contributed by atoms with Crippen LogP contribution in [-0.2, 0) is 0 Å². The maximum absolute atomic E-state index is 13.1. The molecule has 0 atom stereocenters. The highest BCUT2D eigenvalue weighted by Gasteiger charge is 2.03. The van der Waals surface area contributed by atoms with Gasteiger partial charge >= 0.3 is 0 Å². The monoisotopic (exact) mass is 203 g/mol. The number of nitrogens with zero attached hydrogens (tertiary/aromatic N) is 2. The number of hydrogen-bond acceptors (Lipinski definition) is 3. The Hall–Kier alpha value is -1.97. The van der Waals surface area contributed by atoms with E-state index in [0.717, 1.165) is 5.56 Å². The molecule has 0 unspecified atom stereocenters. The van der Waals surface area contributed by atoms with Crippen molar-refractivity contribution < 1.29 is 4.39 Å². The van der Waals surface area contributed by atoms with Crippen LogP contribution >= 0.6 is 0 Å². The highest BCUT2D eigenvalue weighted by atomic mass is 19.1. The van der Waals surface area contributed by atoms with Crippen LogP contribution in [-0.4, -0.2) is 9.97 Å². The summed E-state index contributed by atoms with van der Waals surface area (Å²) in [6.45, 7) is 1.83. The van der Waals surface area contributed by atoms with Crippen LogP contribution in [0.25, 0.3) is 11.3 Å². The van der Waals surface area contributed by atoms with Gasteiger partial charge in [-0.1, -0.05) is 0 Å². The van der Waals surface area contributed by atoms with Crippen LogP contribution in [0.3, 0.4) is 0 Å². The van der Waals surface area contributed by atoms with Crippen molar-refractivity contribution in [3.63, 3.8) is 0 Å². The van der Waals surface area contributed by atoms with Crippen molar-refractivity contribution in [2.24, 2.45) is 0 Å². The molecule has 0 saturated heterocycles. The zero-order valence-corrected chi connectivity index (χ0v) is 8.24. The first-order chi connectivity index (χ1) is 7.15. The minimum absolute atomic E-state index is 0.189. The summed E-state index contributed by atoms with van der Waals surface area (Å²) in [5.74, 6) is -0.0865. The van der Waals surface area contributed by atoms with E-state index in [2.05, 4.69) is 9.97 Å². The highest BCUT2D eigenvalue weighted by molar-refractivity contribution is 5.60. The Morgan fingerprint density at radius 1 is 1.27 bits per heavy atom. The summed E-state index contributed by atoms with van der Waals surface area (Å²) in [5.41, 5.74) is 7.64. The van der Waals surface area contributed by atoms with Crippen LogP contribution in [0.15, 0.2) is 30.5 Å². The summed E-state index contributed by atoms with van der Waals surface area (Å²) < 4.78 is 13.1. The van der Waals surface area contributed by atoms with Gasteiger partial charge in [0.25, 0.3) is 0 Å². The number of halogens is 1. The minimum Gasteiger partial charge on any atom is -0.368 e. The Bertz CT molecular complexity index is 477. The standard InChI is InChI=1S/C11H10FN3/c1-7-4-8(6-9(12)5-7)10-2-3-14-11(13)15-10/h2-6H,1H3,(H2,13,14,15). The average Bonchev–Trinajstić information content (AvgIpc) is 2.16. The van der Waals surface area contributed by atoms with E-state index in [4.69, 9.17) is 5.73 Å². The van der Waals surface area contributed by atoms with Crippen molar-refractivity contribution in [2.75, 3.05) is 5.73 Å². The van der Waals surface area contributed by atoms with E-state index in [1.54, 1.807) is 12.3 Å². The SMILES string of the molecule is Cc1cc(F)cc(-c2ccnc(N)n2)c1. The first-order valence-corrected chi connectivity index (χ1v) is 4.51. The summed E-state index contributed by atoms with van der Waals surface area (Å²) >= 11 is 0. The van der Waals surface area contributed by atoms with Gasteiger partial charge in [0.05, 0.1) is 5.69 Å². The Balaban J connectivity index is 2.54. The van der Waals surface area contributed by atoms with Gasteiger partial charge in [-0.15, -0.1) is 0 Å². The van der Waals surface area contributed by atoms with E-state index >= 15 is 0 Å². The van der Waals surface area contributed by atoms with Crippen LogP contribution in [0.4, 0.5) is 10.3 Å². The molecule has 2 aromatic rings. The molecular formula is C11H10FN3. The van der Waals surface area contributed by atoms with E-state index in [1.807, 2.05) is 13.0 Å². The molecule has 1 heterocycles. The molecule has 1 aromatic heterocycles. The Morgan fingerprint density at radius 3 is 2.73 bits per heavy atom. The molecule has 2 N–H and O–H groups in total. The number of benzene rings is 1. The quantitative estimate of drug-likeness (QED) is 0.772. The van der Waals surface area contributed by atoms with E-state index < -0.39 is 0 Å². The van der Waals surface area contributed by atoms with E-state index in [0.29, 0.717) is 11.3 Å². The molecule has 3 nitrogen and oxygen atoms in total. The van der Waals surface area contributed by atoms with Crippen LogP contribution in [0, 0.1) is 12.7 Å². The summed E-state index contributed by atoms with van der Waals surface area (Å²) in [6.07, 6.45) is 1.55. The van der Waals surface area contributed by atoms with Gasteiger partial charge < -0.3 is 5.73 Å². The molecule has 0 bridgehead atoms. The molecule has 1 aromatic carbocycles. The summed E-state index contributed by atoms with van der Waals surface area (Å²) in [4.78, 5) is 7.81. The second-order valence-electron chi connectivity index (χ2n) is 3.32. The zero-order chi connectivity index (χ0) is 10.8. The Morgan fingerprint density at radius 2 is 2.07 bits per heavy atom. The number of rotatable bonds is 1. The zero-order valence-electron chi connectivity index (χ0n) is 8.24. The lowest BCUT2D eigenvalue weighted by atomic mass is 10.1. The molecule has 15 heavy (non-hydrogen) atoms. The van der Waals surface area contributed by atoms with Gasteiger partial charge in [-0.2, -0.15) is 0 Å². The first-order valence-electron chi connectivity index (χ1n) is 4.51. The fourth-order valence-electron chi connectivity index (χ4n) is 1.42. The van der Waals surface area contributed by atoms with Crippen LogP contribution in [0.5, 0.6) is 0 Å². The fraction of sp³-hybridized carbons (Fsp3) is 0.0909. The summed E-state index contributed by atoms with van der Waals surface area (Å²) in [5, 5.41) is 0. The fourth-order valence-corrected chi connectivity index (χ4v) is 1.42. The molecule has 0 fully saturated rings. The van der Waals surface area contributed by atoms with Crippen molar-refractivity contribution in [1.82, 2.24) is 9.97 Å². The maximum Gasteiger partial charge on any atom is 0.220 e. The maximum atomic E-state index is 13.1. The van der Waals surface area contributed by atoms with Gasteiger partial charge in [-0.25, -0.2) is 14.4 Å². The molecule has 4 heteroatoms. The number of nitrogens with two attached hydrogens (primary N) is 1. The number of hydrogen-bond donors (Lipinski definition) is 1. The van der Waals surface area contributed by atoms with Gasteiger partial charge in [0.1, 0.15) is 5.82 Å². The largest absolute Gasteiger partial charge is 0.368 e. The third kappa shape index (κ3) is 2.10. The van der Waals surface area contributed by atoms with Gasteiger partial charge in [0.2, 0.25) is 5.95 Å². The van der Waals surface area contributed by atoms with Crippen molar-refractivity contribution in [1.29, 1.82) is 0 Å². The van der Waals surface area contributed by atoms with Crippen LogP contribution in [0.2, 0.25) is 0 Å². The second kappa shape index (κ2) is 3.65. The average molecular weight is 203 g/mol. The lowest BCUT2D eigenvalue weighted by Gasteiger charge is -2.03. The first kappa shape index (κ1) is 9.58. The number of anilines is 1. The van der Waals surface area contributed by atoms with Gasteiger partial charge in [0, 0.05) is 11.8 Å². The molecule has 0 amide bonds. The van der Waals surface area contributed by atoms with Crippen molar-refractivity contribution in [3.05, 3.63) is 41.8 Å². The molecule has 0 radical (unpaired) electrons. The molecule has 0 saturated carbocycles. The molecule has 0 aliphatic rings. The molecule has 0 aliphatic carbocycles. The molecule has 0 spiro atoms. The topological polar surface area (TPSA) is 51.8 Å². The van der Waals surface area contributed by atoms with E-state index in [9.17, 15) is 4.39 Å². The number of nitrogen functional groups attached to an aromatic ring is 1. The minimum atomic E-state index is -0.276. The van der Waals surface area contributed by atoms with E-state index in [1.165, 1.54) is 12.1 Å². The number of aryl methyl sites for hydroxylation is 1.